The third-order valence-electron chi connectivity index (χ3n) is 1.19. The van der Waals surface area contributed by atoms with Crippen LogP contribution in [0.25, 0.3) is 0 Å². The lowest BCUT2D eigenvalue weighted by molar-refractivity contribution is -0.165. The Balaban J connectivity index is 4.48. The SMILES string of the molecule is CCN/C(=C\C(=O)C(F)(F)F)OCC. The number of halogens is 3. The van der Waals surface area contributed by atoms with Gasteiger partial charge in [-0.3, -0.25) is 4.79 Å². The molecule has 0 aliphatic carbocycles. The number of carbonyl (C=O) groups is 1. The number of allylic oxidation sites excluding steroid dienone is 1. The van der Waals surface area contributed by atoms with E-state index in [1.165, 1.54) is 0 Å². The summed E-state index contributed by atoms with van der Waals surface area (Å²) in [5, 5.41) is 2.50. The first-order valence-electron chi connectivity index (χ1n) is 4.11. The van der Waals surface area contributed by atoms with E-state index in [2.05, 4.69) is 5.32 Å². The first-order valence-corrected chi connectivity index (χ1v) is 4.11. The summed E-state index contributed by atoms with van der Waals surface area (Å²) in [6, 6.07) is 0. The molecule has 0 saturated heterocycles. The minimum atomic E-state index is -4.85. The zero-order valence-corrected chi connectivity index (χ0v) is 7.94. The van der Waals surface area contributed by atoms with Gasteiger partial charge in [0.2, 0.25) is 0 Å². The van der Waals surface area contributed by atoms with E-state index < -0.39 is 12.0 Å². The summed E-state index contributed by atoms with van der Waals surface area (Å²) in [6.07, 6.45) is -4.44. The summed E-state index contributed by atoms with van der Waals surface area (Å²) in [5.41, 5.74) is 0. The molecule has 82 valence electrons. The van der Waals surface area contributed by atoms with Gasteiger partial charge in [0.25, 0.3) is 5.78 Å². The zero-order valence-electron chi connectivity index (χ0n) is 7.94. The van der Waals surface area contributed by atoms with E-state index in [4.69, 9.17) is 4.74 Å². The summed E-state index contributed by atoms with van der Waals surface area (Å²) < 4.78 is 40.2. The Morgan fingerprint density at radius 2 is 2.00 bits per heavy atom. The summed E-state index contributed by atoms with van der Waals surface area (Å²) >= 11 is 0. The van der Waals surface area contributed by atoms with Crippen molar-refractivity contribution < 1.29 is 22.7 Å². The molecule has 0 bridgehead atoms. The Bertz CT molecular complexity index is 215. The molecule has 0 aromatic heterocycles. The minimum Gasteiger partial charge on any atom is -0.479 e. The fourth-order valence-electron chi connectivity index (χ4n) is 0.674. The third kappa shape index (κ3) is 4.74. The molecule has 0 heterocycles. The molecule has 0 saturated carbocycles. The van der Waals surface area contributed by atoms with Crippen molar-refractivity contribution >= 4 is 5.78 Å². The molecule has 14 heavy (non-hydrogen) atoms. The number of nitrogens with one attached hydrogen (secondary N) is 1. The molecule has 0 atom stereocenters. The average molecular weight is 211 g/mol. The highest BCUT2D eigenvalue weighted by atomic mass is 19.4. The largest absolute Gasteiger partial charge is 0.479 e. The van der Waals surface area contributed by atoms with Crippen LogP contribution in [0, 0.1) is 0 Å². The molecular formula is C8H12F3NO2. The van der Waals surface area contributed by atoms with Crippen LogP contribution in [0.2, 0.25) is 0 Å². The standard InChI is InChI=1S/C8H12F3NO2/c1-3-12-7(14-4-2)5-6(13)8(9,10)11/h5,12H,3-4H2,1-2H3/b7-5+. The molecule has 0 radical (unpaired) electrons. The van der Waals surface area contributed by atoms with Crippen LogP contribution < -0.4 is 5.32 Å². The highest BCUT2D eigenvalue weighted by molar-refractivity contribution is 5.94. The van der Waals surface area contributed by atoms with Crippen molar-refractivity contribution in [3.63, 3.8) is 0 Å². The number of hydrogen-bond acceptors (Lipinski definition) is 3. The lowest BCUT2D eigenvalue weighted by Crippen LogP contribution is -2.24. The number of hydrogen-bond donors (Lipinski definition) is 1. The second-order valence-electron chi connectivity index (χ2n) is 2.33. The molecule has 0 aliphatic heterocycles. The highest BCUT2D eigenvalue weighted by Gasteiger charge is 2.37. The summed E-state index contributed by atoms with van der Waals surface area (Å²) in [5.74, 6) is -2.08. The van der Waals surface area contributed by atoms with Gasteiger partial charge >= 0.3 is 6.18 Å². The highest BCUT2D eigenvalue weighted by Crippen LogP contribution is 2.17. The van der Waals surface area contributed by atoms with Crippen LogP contribution in [0.5, 0.6) is 0 Å². The van der Waals surface area contributed by atoms with Crippen LogP contribution in [-0.4, -0.2) is 25.1 Å². The van der Waals surface area contributed by atoms with Crippen LogP contribution in [-0.2, 0) is 9.53 Å². The third-order valence-corrected chi connectivity index (χ3v) is 1.19. The maximum absolute atomic E-state index is 11.8. The van der Waals surface area contributed by atoms with E-state index >= 15 is 0 Å². The van der Waals surface area contributed by atoms with Crippen LogP contribution in [0.1, 0.15) is 13.8 Å². The Morgan fingerprint density at radius 3 is 2.36 bits per heavy atom. The second kappa shape index (κ2) is 5.51. The Kier molecular flexibility index (Phi) is 5.04. The van der Waals surface area contributed by atoms with Gasteiger partial charge < -0.3 is 10.1 Å². The second-order valence-corrected chi connectivity index (χ2v) is 2.33. The quantitative estimate of drug-likeness (QED) is 0.554. The number of carbonyl (C=O) groups excluding carboxylic acids is 1. The first-order chi connectivity index (χ1) is 6.41. The molecule has 6 heteroatoms. The van der Waals surface area contributed by atoms with Crippen molar-refractivity contribution in [2.75, 3.05) is 13.2 Å². The van der Waals surface area contributed by atoms with Gasteiger partial charge in [0.1, 0.15) is 0 Å². The van der Waals surface area contributed by atoms with Crippen molar-refractivity contribution in [3.05, 3.63) is 12.0 Å². The maximum Gasteiger partial charge on any atom is 0.454 e. The summed E-state index contributed by atoms with van der Waals surface area (Å²) in [4.78, 5) is 10.5. The molecule has 3 nitrogen and oxygen atoms in total. The van der Waals surface area contributed by atoms with Gasteiger partial charge in [-0.05, 0) is 13.8 Å². The van der Waals surface area contributed by atoms with Crippen molar-refractivity contribution in [3.8, 4) is 0 Å². The molecule has 0 rings (SSSR count). The lowest BCUT2D eigenvalue weighted by atomic mass is 10.3. The predicted octanol–water partition coefficient (Wildman–Crippen LogP) is 1.61. The molecule has 0 fully saturated rings. The maximum atomic E-state index is 11.8. The van der Waals surface area contributed by atoms with E-state index in [-0.39, 0.29) is 12.5 Å². The van der Waals surface area contributed by atoms with Gasteiger partial charge in [-0.2, -0.15) is 13.2 Å². The zero-order chi connectivity index (χ0) is 11.2. The van der Waals surface area contributed by atoms with Gasteiger partial charge in [-0.25, -0.2) is 0 Å². The van der Waals surface area contributed by atoms with Crippen molar-refractivity contribution in [1.82, 2.24) is 5.32 Å². The van der Waals surface area contributed by atoms with Crippen LogP contribution in [0.15, 0.2) is 12.0 Å². The lowest BCUT2D eigenvalue weighted by Gasteiger charge is -2.09. The number of ether oxygens (including phenoxy) is 1. The normalized spacial score (nSPS) is 12.5. The molecule has 0 aliphatic rings. The molecule has 1 N–H and O–H groups in total. The minimum absolute atomic E-state index is 0.155. The van der Waals surface area contributed by atoms with Crippen molar-refractivity contribution in [2.45, 2.75) is 20.0 Å². The van der Waals surface area contributed by atoms with Gasteiger partial charge in [0, 0.05) is 6.54 Å². The fraction of sp³-hybridized carbons (Fsp3) is 0.625. The van der Waals surface area contributed by atoms with E-state index in [1.807, 2.05) is 0 Å². The Hall–Kier alpha value is -1.20. The van der Waals surface area contributed by atoms with E-state index in [1.54, 1.807) is 13.8 Å². The van der Waals surface area contributed by atoms with Gasteiger partial charge in [-0.1, -0.05) is 0 Å². The number of rotatable bonds is 5. The summed E-state index contributed by atoms with van der Waals surface area (Å²) in [6.45, 7) is 3.88. The number of alkyl halides is 3. The smallest absolute Gasteiger partial charge is 0.454 e. The average Bonchev–Trinajstić information content (AvgIpc) is 2.03. The van der Waals surface area contributed by atoms with Crippen molar-refractivity contribution in [2.24, 2.45) is 0 Å². The van der Waals surface area contributed by atoms with E-state index in [0.717, 1.165) is 0 Å². The predicted molar refractivity (Wildman–Crippen MR) is 44.4 cm³/mol. The van der Waals surface area contributed by atoms with E-state index in [9.17, 15) is 18.0 Å². The van der Waals surface area contributed by atoms with E-state index in [0.29, 0.717) is 12.6 Å². The van der Waals surface area contributed by atoms with Crippen LogP contribution in [0.4, 0.5) is 13.2 Å². The Labute approximate surface area is 79.9 Å². The fourth-order valence-corrected chi connectivity index (χ4v) is 0.674. The van der Waals surface area contributed by atoms with Crippen molar-refractivity contribution in [1.29, 1.82) is 0 Å². The Morgan fingerprint density at radius 1 is 1.43 bits per heavy atom. The van der Waals surface area contributed by atoms with Crippen LogP contribution in [0.3, 0.4) is 0 Å². The molecule has 0 aromatic carbocycles. The van der Waals surface area contributed by atoms with Gasteiger partial charge in [0.15, 0.2) is 5.88 Å². The molecule has 0 unspecified atom stereocenters. The van der Waals surface area contributed by atoms with Crippen LogP contribution >= 0.6 is 0 Å². The first kappa shape index (κ1) is 12.8. The summed E-state index contributed by atoms with van der Waals surface area (Å²) in [7, 11) is 0. The monoisotopic (exact) mass is 211 g/mol. The number of ketones is 1. The van der Waals surface area contributed by atoms with Gasteiger partial charge in [-0.15, -0.1) is 0 Å². The molecular weight excluding hydrogens is 199 g/mol. The van der Waals surface area contributed by atoms with Gasteiger partial charge in [0.05, 0.1) is 12.7 Å². The topological polar surface area (TPSA) is 38.3 Å². The molecule has 0 spiro atoms. The molecule has 0 aromatic rings. The molecule has 0 amide bonds.